The molecule has 0 saturated heterocycles. The molecule has 3 atom stereocenters. The van der Waals surface area contributed by atoms with Crippen molar-refractivity contribution in [3.05, 3.63) is 48.6 Å². The number of phosphoric acid groups is 1. The number of nitrogens with zero attached hydrogens (tertiary/aromatic N) is 1. The topological polar surface area (TPSA) is 108 Å². The smallest absolute Gasteiger partial charge is 0.268 e. The van der Waals surface area contributed by atoms with Crippen LogP contribution in [0.3, 0.4) is 0 Å². The van der Waals surface area contributed by atoms with Gasteiger partial charge in [0, 0.05) is 6.42 Å². The molecule has 0 spiro atoms. The number of aliphatic hydroxyl groups excluding tert-OH is 1. The van der Waals surface area contributed by atoms with Gasteiger partial charge in [-0.2, -0.15) is 0 Å². The zero-order valence-electron chi connectivity index (χ0n) is 52.6. The van der Waals surface area contributed by atoms with Gasteiger partial charge in [0.05, 0.1) is 39.9 Å². The van der Waals surface area contributed by atoms with Gasteiger partial charge in [0.25, 0.3) is 7.82 Å². The van der Waals surface area contributed by atoms with Gasteiger partial charge in [0.1, 0.15) is 13.2 Å². The highest BCUT2D eigenvalue weighted by Gasteiger charge is 2.23. The molecule has 8 nitrogen and oxygen atoms in total. The monoisotopic (exact) mass is 1120 g/mol. The minimum atomic E-state index is -4.61. The average Bonchev–Trinajstić information content (AvgIpc) is 3.41. The van der Waals surface area contributed by atoms with Crippen LogP contribution in [0.25, 0.3) is 0 Å². The lowest BCUT2D eigenvalue weighted by molar-refractivity contribution is -0.870. The van der Waals surface area contributed by atoms with E-state index in [0.717, 1.165) is 44.9 Å². The van der Waals surface area contributed by atoms with Crippen LogP contribution in [0.2, 0.25) is 0 Å². The van der Waals surface area contributed by atoms with Crippen molar-refractivity contribution >= 4 is 13.7 Å². The molecule has 0 aliphatic carbocycles. The highest BCUT2D eigenvalue weighted by Crippen LogP contribution is 2.38. The Morgan fingerprint density at radius 2 is 0.718 bits per heavy atom. The fourth-order valence-corrected chi connectivity index (χ4v) is 10.9. The van der Waals surface area contributed by atoms with Crippen molar-refractivity contribution < 1.29 is 32.9 Å². The van der Waals surface area contributed by atoms with E-state index >= 15 is 0 Å². The van der Waals surface area contributed by atoms with Crippen LogP contribution in [0.15, 0.2) is 48.6 Å². The number of nitrogens with one attached hydrogen (secondary N) is 1. The Kier molecular flexibility index (Phi) is 58.9. The van der Waals surface area contributed by atoms with Gasteiger partial charge < -0.3 is 28.8 Å². The van der Waals surface area contributed by atoms with Crippen molar-refractivity contribution in [2.24, 2.45) is 0 Å². The number of quaternary nitrogens is 1. The average molecular weight is 1120 g/mol. The quantitative estimate of drug-likeness (QED) is 0.0272. The number of hydrogen-bond acceptors (Lipinski definition) is 6. The molecule has 1 amide bonds. The van der Waals surface area contributed by atoms with Crippen LogP contribution in [-0.4, -0.2) is 68.5 Å². The van der Waals surface area contributed by atoms with E-state index in [9.17, 15) is 19.4 Å². The van der Waals surface area contributed by atoms with Crippen LogP contribution >= 0.6 is 7.82 Å². The summed E-state index contributed by atoms with van der Waals surface area (Å²) in [7, 11) is 1.24. The van der Waals surface area contributed by atoms with Crippen LogP contribution in [0.1, 0.15) is 335 Å². The van der Waals surface area contributed by atoms with Gasteiger partial charge >= 0.3 is 0 Å². The number of carbonyl (C=O) groups is 1. The van der Waals surface area contributed by atoms with Gasteiger partial charge in [0.2, 0.25) is 5.91 Å². The predicted octanol–water partition coefficient (Wildman–Crippen LogP) is 20.8. The van der Waals surface area contributed by atoms with Gasteiger partial charge in [-0.25, -0.2) is 0 Å². The maximum atomic E-state index is 13.0. The van der Waals surface area contributed by atoms with Crippen LogP contribution in [-0.2, 0) is 18.4 Å². The number of likely N-dealkylation sites (N-methyl/N-ethyl adjacent to an activating group) is 1. The number of amides is 1. The Morgan fingerprint density at radius 1 is 0.436 bits per heavy atom. The van der Waals surface area contributed by atoms with E-state index < -0.39 is 26.6 Å². The largest absolute Gasteiger partial charge is 0.756 e. The summed E-state index contributed by atoms with van der Waals surface area (Å²) in [5.41, 5.74) is 0. The molecule has 0 rings (SSSR count). The first-order valence-corrected chi connectivity index (χ1v) is 35.5. The van der Waals surface area contributed by atoms with Crippen molar-refractivity contribution in [2.45, 2.75) is 347 Å². The van der Waals surface area contributed by atoms with E-state index in [2.05, 4.69) is 55.6 Å². The number of aliphatic hydroxyl groups is 1. The lowest BCUT2D eigenvalue weighted by Crippen LogP contribution is -2.45. The molecule has 0 bridgehead atoms. The third kappa shape index (κ3) is 62.1. The zero-order chi connectivity index (χ0) is 57.0. The first-order valence-electron chi connectivity index (χ1n) is 34.0. The minimum absolute atomic E-state index is 0.00856. The molecule has 0 heterocycles. The van der Waals surface area contributed by atoms with Crippen LogP contribution in [0.4, 0.5) is 0 Å². The summed E-state index contributed by atoms with van der Waals surface area (Å²) >= 11 is 0. The molecule has 0 radical (unpaired) electrons. The van der Waals surface area contributed by atoms with Gasteiger partial charge in [-0.15, -0.1) is 0 Å². The molecule has 460 valence electrons. The normalized spacial score (nSPS) is 14.0. The van der Waals surface area contributed by atoms with E-state index in [1.54, 1.807) is 6.08 Å². The number of hydrogen-bond donors (Lipinski definition) is 2. The third-order valence-electron chi connectivity index (χ3n) is 15.5. The maximum Gasteiger partial charge on any atom is 0.268 e. The van der Waals surface area contributed by atoms with Gasteiger partial charge in [-0.05, 0) is 70.6 Å². The summed E-state index contributed by atoms with van der Waals surface area (Å²) in [5.74, 6) is -0.207. The van der Waals surface area contributed by atoms with Crippen LogP contribution in [0, 0.1) is 0 Å². The van der Waals surface area contributed by atoms with E-state index in [0.29, 0.717) is 17.4 Å². The van der Waals surface area contributed by atoms with Gasteiger partial charge in [0.15, 0.2) is 0 Å². The number of carbonyl (C=O) groups excluding carboxylic acids is 1. The number of rotatable bonds is 63. The molecule has 2 N–H and O–H groups in total. The van der Waals surface area contributed by atoms with Crippen molar-refractivity contribution in [3.8, 4) is 0 Å². The lowest BCUT2D eigenvalue weighted by Gasteiger charge is -2.29. The fourth-order valence-electron chi connectivity index (χ4n) is 10.2. The SMILES string of the molecule is CCCCCCCCC/C=C/CC/C=C/CC/C=C/C(O)C(COP(=O)([O-])OCC[N+](C)(C)C)NC(=O)CCCCCCCCCCCCCCCCCCC/C=C\CCCCCCCCCCCCCCCCCCCC. The van der Waals surface area contributed by atoms with E-state index in [1.807, 2.05) is 27.2 Å². The molecular formula is C69H133N2O6P. The number of phosphoric ester groups is 1. The third-order valence-corrected chi connectivity index (χ3v) is 16.5. The summed E-state index contributed by atoms with van der Waals surface area (Å²) < 4.78 is 23.4. The molecule has 3 unspecified atom stereocenters. The first kappa shape index (κ1) is 76.5. The Hall–Kier alpha value is -1.54. The Balaban J connectivity index is 3.95. The van der Waals surface area contributed by atoms with E-state index in [1.165, 1.54) is 270 Å². The molecule has 0 aromatic carbocycles. The Morgan fingerprint density at radius 3 is 1.04 bits per heavy atom. The zero-order valence-corrected chi connectivity index (χ0v) is 53.5. The summed E-state index contributed by atoms with van der Waals surface area (Å²) in [6, 6.07) is -0.910. The Bertz CT molecular complexity index is 1410. The minimum Gasteiger partial charge on any atom is -0.756 e. The molecule has 0 aromatic heterocycles. The van der Waals surface area contributed by atoms with E-state index in [4.69, 9.17) is 9.05 Å². The summed E-state index contributed by atoms with van der Waals surface area (Å²) in [6.45, 7) is 4.65. The molecule has 9 heteroatoms. The van der Waals surface area contributed by atoms with Crippen molar-refractivity contribution in [1.29, 1.82) is 0 Å². The molecule has 0 fully saturated rings. The van der Waals surface area contributed by atoms with Gasteiger partial charge in [-0.1, -0.05) is 306 Å². The number of unbranched alkanes of at least 4 members (excludes halogenated alkanes) is 44. The maximum absolute atomic E-state index is 13.0. The highest BCUT2D eigenvalue weighted by molar-refractivity contribution is 7.45. The number of allylic oxidation sites excluding steroid dienone is 7. The predicted molar refractivity (Wildman–Crippen MR) is 339 cm³/mol. The van der Waals surface area contributed by atoms with Crippen LogP contribution in [0.5, 0.6) is 0 Å². The molecule has 0 aliphatic heterocycles. The first-order chi connectivity index (χ1) is 38.0. The second-order valence-electron chi connectivity index (χ2n) is 24.5. The summed E-state index contributed by atoms with van der Waals surface area (Å²) in [6.07, 6.45) is 81.1. The standard InChI is InChI=1S/C69H133N2O6P/c1-6-8-10-12-14-16-18-20-22-24-25-26-27-28-29-30-31-32-33-34-35-36-37-38-39-40-41-42-43-44-45-47-49-51-53-55-57-59-61-63-69(73)70-67(66-77-78(74,75)76-65-64-71(3,4)5)68(72)62-60-58-56-54-52-50-48-46-23-21-19-17-15-13-11-9-7-2/h23,34-35,46,52,54,60,62,67-68,72H,6-22,24-33,36-45,47-51,53,55-59,61,63-66H2,1-5H3,(H-,70,73,74,75)/b35-34-,46-23+,54-52+,62-60+. The van der Waals surface area contributed by atoms with Crippen molar-refractivity contribution in [3.63, 3.8) is 0 Å². The molecule has 78 heavy (non-hydrogen) atoms. The van der Waals surface area contributed by atoms with Crippen LogP contribution < -0.4 is 10.2 Å². The van der Waals surface area contributed by atoms with Crippen molar-refractivity contribution in [1.82, 2.24) is 5.32 Å². The second-order valence-corrected chi connectivity index (χ2v) is 25.9. The van der Waals surface area contributed by atoms with Gasteiger partial charge in [-0.3, -0.25) is 9.36 Å². The van der Waals surface area contributed by atoms with E-state index in [-0.39, 0.29) is 12.5 Å². The van der Waals surface area contributed by atoms with Crippen molar-refractivity contribution in [2.75, 3.05) is 40.9 Å². The summed E-state index contributed by atoms with van der Waals surface area (Å²) in [5, 5.41) is 13.9. The molecular weight excluding hydrogens is 984 g/mol. The fraction of sp³-hybridized carbons (Fsp3) is 0.870. The lowest BCUT2D eigenvalue weighted by atomic mass is 10.0. The second kappa shape index (κ2) is 60.1. The summed E-state index contributed by atoms with van der Waals surface area (Å²) in [4.78, 5) is 25.5. The highest BCUT2D eigenvalue weighted by atomic mass is 31.2. The molecule has 0 aromatic rings. The molecule has 0 aliphatic rings. The molecule has 0 saturated carbocycles. The Labute approximate surface area is 486 Å².